The highest BCUT2D eigenvalue weighted by molar-refractivity contribution is 6.61. The topological polar surface area (TPSA) is 53.5 Å². The molecule has 2 heterocycles. The summed E-state index contributed by atoms with van der Waals surface area (Å²) in [6, 6.07) is 3.62. The van der Waals surface area contributed by atoms with E-state index in [4.69, 9.17) is 14.0 Å². The second-order valence-corrected chi connectivity index (χ2v) is 7.10. The lowest BCUT2D eigenvalue weighted by Gasteiger charge is -2.32. The zero-order chi connectivity index (χ0) is 15.2. The van der Waals surface area contributed by atoms with E-state index in [2.05, 4.69) is 10.2 Å². The van der Waals surface area contributed by atoms with Crippen molar-refractivity contribution in [3.8, 4) is 5.88 Å². The molecule has 0 atom stereocenters. The van der Waals surface area contributed by atoms with Gasteiger partial charge in [-0.2, -0.15) is 5.10 Å². The molecule has 1 saturated heterocycles. The maximum Gasteiger partial charge on any atom is 0.516 e. The van der Waals surface area contributed by atoms with Gasteiger partial charge in [-0.3, -0.25) is 0 Å². The second kappa shape index (κ2) is 4.70. The molecule has 5 nitrogen and oxygen atoms in total. The third-order valence-corrected chi connectivity index (χ3v) is 3.57. The minimum absolute atomic E-state index is 0.291. The van der Waals surface area contributed by atoms with Crippen LogP contribution in [0.2, 0.25) is 0 Å². The number of aromatic nitrogens is 2. The van der Waals surface area contributed by atoms with Crippen molar-refractivity contribution in [3.05, 3.63) is 12.1 Å². The molecule has 1 aliphatic rings. The van der Waals surface area contributed by atoms with E-state index >= 15 is 0 Å². The Hall–Kier alpha value is -1.14. The fourth-order valence-corrected chi connectivity index (χ4v) is 1.79. The minimum Gasteiger partial charge on any atom is -0.471 e. The Morgan fingerprint density at radius 3 is 1.95 bits per heavy atom. The summed E-state index contributed by atoms with van der Waals surface area (Å²) in [5.74, 6) is 0.498. The van der Waals surface area contributed by atoms with Crippen LogP contribution in [-0.2, 0) is 9.31 Å². The molecule has 0 radical (unpaired) electrons. The van der Waals surface area contributed by atoms with Crippen molar-refractivity contribution in [2.75, 3.05) is 0 Å². The highest BCUT2D eigenvalue weighted by Gasteiger charge is 2.52. The van der Waals surface area contributed by atoms with Gasteiger partial charge in [-0.05, 0) is 54.5 Å². The van der Waals surface area contributed by atoms with Gasteiger partial charge >= 0.3 is 7.12 Å². The van der Waals surface area contributed by atoms with E-state index in [9.17, 15) is 0 Å². The van der Waals surface area contributed by atoms with Gasteiger partial charge in [-0.1, -0.05) is 0 Å². The smallest absolute Gasteiger partial charge is 0.471 e. The van der Waals surface area contributed by atoms with Crippen LogP contribution < -0.4 is 10.3 Å². The summed E-state index contributed by atoms with van der Waals surface area (Å²) in [4.78, 5) is 0. The van der Waals surface area contributed by atoms with Crippen LogP contribution in [0.1, 0.15) is 48.5 Å². The predicted octanol–water partition coefficient (Wildman–Crippen LogP) is 1.95. The molecule has 0 bridgehead atoms. The van der Waals surface area contributed by atoms with Gasteiger partial charge < -0.3 is 14.0 Å². The molecule has 110 valence electrons. The Labute approximate surface area is 121 Å². The molecule has 0 unspecified atom stereocenters. The maximum atomic E-state index is 5.93. The molecule has 1 aliphatic heterocycles. The Morgan fingerprint density at radius 2 is 1.55 bits per heavy atom. The summed E-state index contributed by atoms with van der Waals surface area (Å²) in [6.07, 6.45) is 0. The number of hydrogen-bond acceptors (Lipinski definition) is 5. The average Bonchev–Trinajstić information content (AvgIpc) is 2.47. The maximum absolute atomic E-state index is 5.93. The van der Waals surface area contributed by atoms with E-state index in [1.165, 1.54) is 0 Å². The van der Waals surface area contributed by atoms with Crippen molar-refractivity contribution >= 4 is 12.7 Å². The van der Waals surface area contributed by atoms with Crippen LogP contribution >= 0.6 is 0 Å². The first-order chi connectivity index (χ1) is 9.00. The molecule has 1 aromatic heterocycles. The van der Waals surface area contributed by atoms with Crippen LogP contribution in [-0.4, -0.2) is 34.1 Å². The van der Waals surface area contributed by atoms with Crippen LogP contribution in [0.15, 0.2) is 12.1 Å². The predicted molar refractivity (Wildman–Crippen MR) is 78.1 cm³/mol. The van der Waals surface area contributed by atoms with Gasteiger partial charge in [0.25, 0.3) is 0 Å². The molecule has 6 heteroatoms. The third kappa shape index (κ3) is 3.12. The normalized spacial score (nSPS) is 21.1. The van der Waals surface area contributed by atoms with Gasteiger partial charge in [0.05, 0.1) is 16.8 Å². The van der Waals surface area contributed by atoms with Gasteiger partial charge in [0.1, 0.15) is 5.60 Å². The zero-order valence-electron chi connectivity index (χ0n) is 13.4. The zero-order valence-corrected chi connectivity index (χ0v) is 13.4. The third-order valence-electron chi connectivity index (χ3n) is 3.57. The monoisotopic (exact) mass is 278 g/mol. The van der Waals surface area contributed by atoms with Gasteiger partial charge in [-0.25, -0.2) is 0 Å². The standard InChI is InChI=1S/C14H23BN2O3/c1-12(2,3)18-11-9-8-10(16-17-11)15-19-13(4,5)14(6,7)20-15/h8-9H,1-7H3. The van der Waals surface area contributed by atoms with Crippen molar-refractivity contribution in [1.29, 1.82) is 0 Å². The summed E-state index contributed by atoms with van der Waals surface area (Å²) in [5.41, 5.74) is -0.384. The lowest BCUT2D eigenvalue weighted by atomic mass is 9.85. The Bertz CT molecular complexity index is 464. The summed E-state index contributed by atoms with van der Waals surface area (Å²) >= 11 is 0. The van der Waals surface area contributed by atoms with Crippen LogP contribution in [0.5, 0.6) is 5.88 Å². The first-order valence-electron chi connectivity index (χ1n) is 6.88. The second-order valence-electron chi connectivity index (χ2n) is 7.10. The lowest BCUT2D eigenvalue weighted by molar-refractivity contribution is 0.00578. The average molecular weight is 278 g/mol. The van der Waals surface area contributed by atoms with Crippen molar-refractivity contribution in [2.24, 2.45) is 0 Å². The first-order valence-corrected chi connectivity index (χ1v) is 6.88. The SMILES string of the molecule is CC(C)(C)Oc1ccc(B2OC(C)(C)C(C)(C)O2)nn1. The Kier molecular flexibility index (Phi) is 3.59. The van der Waals surface area contributed by atoms with E-state index in [-0.39, 0.29) is 16.8 Å². The highest BCUT2D eigenvalue weighted by Crippen LogP contribution is 2.36. The molecular weight excluding hydrogens is 255 g/mol. The van der Waals surface area contributed by atoms with Crippen LogP contribution in [0.3, 0.4) is 0 Å². The molecule has 0 spiro atoms. The van der Waals surface area contributed by atoms with Crippen molar-refractivity contribution < 1.29 is 14.0 Å². The molecule has 0 N–H and O–H groups in total. The van der Waals surface area contributed by atoms with E-state index < -0.39 is 7.12 Å². The van der Waals surface area contributed by atoms with Gasteiger partial charge in [0, 0.05) is 6.07 Å². The fraction of sp³-hybridized carbons (Fsp3) is 0.714. The van der Waals surface area contributed by atoms with E-state index in [0.717, 1.165) is 0 Å². The molecular formula is C14H23BN2O3. The number of nitrogens with zero attached hydrogens (tertiary/aromatic N) is 2. The fourth-order valence-electron chi connectivity index (χ4n) is 1.79. The van der Waals surface area contributed by atoms with Crippen molar-refractivity contribution in [3.63, 3.8) is 0 Å². The number of rotatable bonds is 2. The summed E-state index contributed by atoms with van der Waals surface area (Å²) < 4.78 is 17.5. The van der Waals surface area contributed by atoms with Crippen LogP contribution in [0.4, 0.5) is 0 Å². The molecule has 2 rings (SSSR count). The van der Waals surface area contributed by atoms with Crippen molar-refractivity contribution in [2.45, 2.75) is 65.3 Å². The van der Waals surface area contributed by atoms with Crippen LogP contribution in [0.25, 0.3) is 0 Å². The lowest BCUT2D eigenvalue weighted by Crippen LogP contribution is -2.41. The largest absolute Gasteiger partial charge is 0.516 e. The molecule has 20 heavy (non-hydrogen) atoms. The van der Waals surface area contributed by atoms with Crippen molar-refractivity contribution in [1.82, 2.24) is 10.2 Å². The van der Waals surface area contributed by atoms with Gasteiger partial charge in [-0.15, -0.1) is 5.10 Å². The summed E-state index contributed by atoms with van der Waals surface area (Å²) in [5, 5.41) is 8.22. The molecule has 0 amide bonds. The van der Waals surface area contributed by atoms with E-state index in [0.29, 0.717) is 11.5 Å². The molecule has 1 aromatic rings. The van der Waals surface area contributed by atoms with Gasteiger partial charge in [0.2, 0.25) is 5.88 Å². The molecule has 1 fully saturated rings. The first kappa shape index (κ1) is 15.3. The molecule has 0 aromatic carbocycles. The summed E-state index contributed by atoms with van der Waals surface area (Å²) in [7, 11) is -0.490. The van der Waals surface area contributed by atoms with Gasteiger partial charge in [0.15, 0.2) is 0 Å². The highest BCUT2D eigenvalue weighted by atomic mass is 16.7. The Morgan fingerprint density at radius 1 is 1.00 bits per heavy atom. The summed E-state index contributed by atoms with van der Waals surface area (Å²) in [6.45, 7) is 14.0. The minimum atomic E-state index is -0.490. The Balaban J connectivity index is 2.12. The molecule has 0 aliphatic carbocycles. The molecule has 0 saturated carbocycles. The van der Waals surface area contributed by atoms with Crippen LogP contribution in [0, 0.1) is 0 Å². The van der Waals surface area contributed by atoms with E-state index in [1.807, 2.05) is 54.5 Å². The number of ether oxygens (including phenoxy) is 1. The van der Waals surface area contributed by atoms with E-state index in [1.54, 1.807) is 6.07 Å². The number of hydrogen-bond donors (Lipinski definition) is 0. The quantitative estimate of drug-likeness (QED) is 0.774.